The van der Waals surface area contributed by atoms with E-state index in [4.69, 9.17) is 5.11 Å². The fourth-order valence-corrected chi connectivity index (χ4v) is 0.806. The maximum absolute atomic E-state index is 10.7. The lowest BCUT2D eigenvalue weighted by atomic mass is 10.1. The van der Waals surface area contributed by atoms with E-state index in [0.717, 1.165) is 0 Å². The lowest BCUT2D eigenvalue weighted by Gasteiger charge is -2.23. The Hall–Kier alpha value is -0.780. The summed E-state index contributed by atoms with van der Waals surface area (Å²) in [6.45, 7) is -0.311. The smallest absolute Gasteiger partial charge is 0.234 e. The number of ketones is 2. The number of rotatable bonds is 1. The average Bonchev–Trinajstić information content (AvgIpc) is 2.01. The summed E-state index contributed by atoms with van der Waals surface area (Å²) in [5.41, 5.74) is 0. The van der Waals surface area contributed by atoms with Gasteiger partial charge < -0.3 is 14.6 Å². The predicted octanol–water partition coefficient (Wildman–Crippen LogP) is -1.51. The Morgan fingerprint density at radius 3 is 2.82 bits per heavy atom. The lowest BCUT2D eigenvalue weighted by molar-refractivity contribution is -0.201. The van der Waals surface area contributed by atoms with E-state index in [-0.39, 0.29) is 6.61 Å². The summed E-state index contributed by atoms with van der Waals surface area (Å²) >= 11 is 0. The Morgan fingerprint density at radius 1 is 1.64 bits per heavy atom. The molecule has 1 rings (SSSR count). The minimum absolute atomic E-state index is 0.311. The van der Waals surface area contributed by atoms with Crippen LogP contribution in [0.15, 0.2) is 0 Å². The molecule has 62 valence electrons. The van der Waals surface area contributed by atoms with Crippen LogP contribution >= 0.6 is 0 Å². The van der Waals surface area contributed by atoms with Crippen molar-refractivity contribution in [3.63, 3.8) is 0 Å². The van der Waals surface area contributed by atoms with Gasteiger partial charge in [-0.2, -0.15) is 0 Å². The van der Waals surface area contributed by atoms with Gasteiger partial charge in [0.05, 0.1) is 0 Å². The number of carbonyl (C=O) groups is 2. The number of methoxy groups -OCH3 is 1. The Bertz CT molecular complexity index is 187. The van der Waals surface area contributed by atoms with Crippen LogP contribution in [-0.4, -0.2) is 42.8 Å². The number of hydrogen-bond donors (Lipinski definition) is 1. The van der Waals surface area contributed by atoms with Gasteiger partial charge in [0, 0.05) is 7.11 Å². The van der Waals surface area contributed by atoms with Crippen LogP contribution in [-0.2, 0) is 19.1 Å². The molecule has 2 unspecified atom stereocenters. The van der Waals surface area contributed by atoms with Crippen LogP contribution in [0, 0.1) is 0 Å². The molecule has 5 heteroatoms. The van der Waals surface area contributed by atoms with Crippen LogP contribution in [0.3, 0.4) is 0 Å². The average molecular weight is 160 g/mol. The first-order chi connectivity index (χ1) is 5.16. The molecule has 1 aliphatic rings. The Labute approximate surface area is 62.9 Å². The van der Waals surface area contributed by atoms with Gasteiger partial charge in [0.25, 0.3) is 0 Å². The molecule has 2 atom stereocenters. The van der Waals surface area contributed by atoms with Crippen LogP contribution < -0.4 is 0 Å². The van der Waals surface area contributed by atoms with E-state index in [9.17, 15) is 9.59 Å². The van der Waals surface area contributed by atoms with Gasteiger partial charge in [0.15, 0.2) is 12.4 Å². The van der Waals surface area contributed by atoms with E-state index in [2.05, 4.69) is 9.47 Å². The third kappa shape index (κ3) is 1.45. The van der Waals surface area contributed by atoms with Crippen LogP contribution in [0.1, 0.15) is 0 Å². The molecular formula is C6H8O5. The fraction of sp³-hybridized carbons (Fsp3) is 0.667. The molecular weight excluding hydrogens is 152 g/mol. The molecule has 0 aromatic carbocycles. The van der Waals surface area contributed by atoms with Crippen molar-refractivity contribution in [2.45, 2.75) is 12.4 Å². The summed E-state index contributed by atoms with van der Waals surface area (Å²) in [6.07, 6.45) is -2.47. The minimum Gasteiger partial charge on any atom is -0.380 e. The molecule has 0 aromatic heterocycles. The molecule has 0 amide bonds. The first-order valence-corrected chi connectivity index (χ1v) is 3.06. The molecule has 0 saturated carbocycles. The van der Waals surface area contributed by atoms with Gasteiger partial charge >= 0.3 is 0 Å². The van der Waals surface area contributed by atoms with E-state index in [1.54, 1.807) is 0 Å². The zero-order valence-corrected chi connectivity index (χ0v) is 5.94. The van der Waals surface area contributed by atoms with Crippen molar-refractivity contribution in [3.05, 3.63) is 0 Å². The summed E-state index contributed by atoms with van der Waals surface area (Å²) < 4.78 is 9.26. The first-order valence-electron chi connectivity index (χ1n) is 3.06. The van der Waals surface area contributed by atoms with Crippen LogP contribution in [0.25, 0.3) is 0 Å². The van der Waals surface area contributed by atoms with Gasteiger partial charge in [0.1, 0.15) is 6.61 Å². The summed E-state index contributed by atoms with van der Waals surface area (Å²) in [4.78, 5) is 21.3. The quantitative estimate of drug-likeness (QED) is 0.472. The lowest BCUT2D eigenvalue weighted by Crippen LogP contribution is -2.48. The second kappa shape index (κ2) is 3.08. The molecule has 11 heavy (non-hydrogen) atoms. The highest BCUT2D eigenvalue weighted by Gasteiger charge is 2.36. The zero-order valence-electron chi connectivity index (χ0n) is 5.94. The van der Waals surface area contributed by atoms with Gasteiger partial charge in [-0.1, -0.05) is 0 Å². The topological polar surface area (TPSA) is 72.8 Å². The van der Waals surface area contributed by atoms with E-state index in [1.165, 1.54) is 7.11 Å². The second-order valence-corrected chi connectivity index (χ2v) is 2.15. The van der Waals surface area contributed by atoms with E-state index < -0.39 is 24.0 Å². The molecule has 0 radical (unpaired) electrons. The molecule has 0 aromatic rings. The van der Waals surface area contributed by atoms with Gasteiger partial charge in [-0.05, 0) is 0 Å². The van der Waals surface area contributed by atoms with Crippen LogP contribution in [0.2, 0.25) is 0 Å². The van der Waals surface area contributed by atoms with Crippen molar-refractivity contribution in [2.75, 3.05) is 13.7 Å². The number of carbonyl (C=O) groups excluding carboxylic acids is 2. The van der Waals surface area contributed by atoms with Crippen molar-refractivity contribution >= 4 is 11.6 Å². The van der Waals surface area contributed by atoms with Gasteiger partial charge in [0.2, 0.25) is 11.6 Å². The summed E-state index contributed by atoms with van der Waals surface area (Å²) in [5, 5.41) is 8.99. The minimum atomic E-state index is -1.47. The van der Waals surface area contributed by atoms with Crippen molar-refractivity contribution in [2.24, 2.45) is 0 Å². The maximum atomic E-state index is 10.7. The standard InChI is InChI=1S/C6H8O5/c1-10-6-5(9)4(8)3(7)2-11-6/h5-6,9H,2H2,1H3. The molecule has 1 heterocycles. The molecule has 0 aliphatic carbocycles. The Balaban J connectivity index is 2.66. The van der Waals surface area contributed by atoms with Crippen molar-refractivity contribution in [1.29, 1.82) is 0 Å². The zero-order chi connectivity index (χ0) is 8.43. The number of Topliss-reactive ketones (excluding diaryl/α,β-unsaturated/α-hetero) is 2. The highest BCUT2D eigenvalue weighted by Crippen LogP contribution is 2.08. The summed E-state index contributed by atoms with van der Waals surface area (Å²) in [7, 11) is 1.29. The highest BCUT2D eigenvalue weighted by atomic mass is 16.7. The highest BCUT2D eigenvalue weighted by molar-refractivity contribution is 6.39. The van der Waals surface area contributed by atoms with Crippen LogP contribution in [0.5, 0.6) is 0 Å². The number of aliphatic hydroxyl groups excluding tert-OH is 1. The van der Waals surface area contributed by atoms with Gasteiger partial charge in [-0.3, -0.25) is 9.59 Å². The maximum Gasteiger partial charge on any atom is 0.234 e. The van der Waals surface area contributed by atoms with Crippen molar-refractivity contribution in [3.8, 4) is 0 Å². The van der Waals surface area contributed by atoms with Gasteiger partial charge in [-0.25, -0.2) is 0 Å². The van der Waals surface area contributed by atoms with Crippen molar-refractivity contribution in [1.82, 2.24) is 0 Å². The monoisotopic (exact) mass is 160 g/mol. The summed E-state index contributed by atoms with van der Waals surface area (Å²) in [5.74, 6) is -1.56. The first kappa shape index (κ1) is 8.32. The number of ether oxygens (including phenoxy) is 2. The molecule has 1 saturated heterocycles. The predicted molar refractivity (Wildman–Crippen MR) is 32.8 cm³/mol. The number of aliphatic hydroxyl groups is 1. The molecule has 0 bridgehead atoms. The fourth-order valence-electron chi connectivity index (χ4n) is 0.806. The molecule has 5 nitrogen and oxygen atoms in total. The number of hydrogen-bond acceptors (Lipinski definition) is 5. The van der Waals surface area contributed by atoms with E-state index in [0.29, 0.717) is 0 Å². The SMILES string of the molecule is COC1OCC(=O)C(=O)C1O. The molecule has 1 aliphatic heterocycles. The molecule has 1 fully saturated rings. The normalized spacial score (nSPS) is 32.5. The molecule has 1 N–H and O–H groups in total. The largest absolute Gasteiger partial charge is 0.380 e. The van der Waals surface area contributed by atoms with Gasteiger partial charge in [-0.15, -0.1) is 0 Å². The Morgan fingerprint density at radius 2 is 2.27 bits per heavy atom. The van der Waals surface area contributed by atoms with Crippen LogP contribution in [0.4, 0.5) is 0 Å². The summed E-state index contributed by atoms with van der Waals surface area (Å²) in [6, 6.07) is 0. The van der Waals surface area contributed by atoms with Crippen molar-refractivity contribution < 1.29 is 24.2 Å². The third-order valence-electron chi connectivity index (χ3n) is 1.41. The second-order valence-electron chi connectivity index (χ2n) is 2.15. The molecule has 0 spiro atoms. The van der Waals surface area contributed by atoms with E-state index in [1.807, 2.05) is 0 Å². The van der Waals surface area contributed by atoms with E-state index >= 15 is 0 Å². The Kier molecular flexibility index (Phi) is 2.33. The third-order valence-corrected chi connectivity index (χ3v) is 1.41.